The van der Waals surface area contributed by atoms with Crippen LogP contribution in [0.4, 0.5) is 11.4 Å². The Morgan fingerprint density at radius 3 is 2.50 bits per heavy atom. The summed E-state index contributed by atoms with van der Waals surface area (Å²) in [5, 5.41) is 5.32. The van der Waals surface area contributed by atoms with E-state index in [0.29, 0.717) is 23.3 Å². The van der Waals surface area contributed by atoms with Crippen LogP contribution >= 0.6 is 0 Å². The maximum atomic E-state index is 11.8. The Hall–Kier alpha value is -1.27. The van der Waals surface area contributed by atoms with Crippen LogP contribution in [0.3, 0.4) is 0 Å². The molecule has 0 amide bonds. The molecule has 6 heteroatoms. The highest BCUT2D eigenvalue weighted by molar-refractivity contribution is 7.89. The second kappa shape index (κ2) is 5.61. The Bertz CT molecular complexity index is 586. The van der Waals surface area contributed by atoms with Crippen molar-refractivity contribution in [3.05, 3.63) is 18.2 Å². The summed E-state index contributed by atoms with van der Waals surface area (Å²) in [6.45, 7) is 2.22. The summed E-state index contributed by atoms with van der Waals surface area (Å²) in [6.07, 6.45) is 4.68. The molecule has 1 saturated carbocycles. The first kappa shape index (κ1) is 15.1. The number of nitrogens with two attached hydrogens (primary N) is 2. The molecular weight excluding hydrogens is 274 g/mol. The summed E-state index contributed by atoms with van der Waals surface area (Å²) in [4.78, 5) is 2.15. The molecule has 2 atom stereocenters. The van der Waals surface area contributed by atoms with Crippen molar-refractivity contribution in [2.75, 3.05) is 17.7 Å². The molecule has 5 nitrogen and oxygen atoms in total. The minimum absolute atomic E-state index is 0.109. The van der Waals surface area contributed by atoms with Crippen LogP contribution in [0.15, 0.2) is 23.1 Å². The quantitative estimate of drug-likeness (QED) is 0.834. The monoisotopic (exact) mass is 297 g/mol. The lowest BCUT2D eigenvalue weighted by molar-refractivity contribution is 0.321. The normalized spacial score (nSPS) is 23.6. The Morgan fingerprint density at radius 2 is 1.90 bits per heavy atom. The summed E-state index contributed by atoms with van der Waals surface area (Å²) in [5.74, 6) is 0.541. The standard InChI is InChI=1S/C14H23N3O2S/c1-10-5-3-4-6-12(10)17(2)13-8-7-11(15)9-14(13)20(16,18)19/h7-10,12H,3-6,15H2,1-2H3,(H2,16,18,19). The van der Waals surface area contributed by atoms with Crippen molar-refractivity contribution in [3.8, 4) is 0 Å². The van der Waals surface area contributed by atoms with E-state index in [4.69, 9.17) is 10.9 Å². The van der Waals surface area contributed by atoms with Crippen molar-refractivity contribution >= 4 is 21.4 Å². The smallest absolute Gasteiger partial charge is 0.240 e. The van der Waals surface area contributed by atoms with Gasteiger partial charge in [0.1, 0.15) is 4.90 Å². The third kappa shape index (κ3) is 3.07. The summed E-state index contributed by atoms with van der Waals surface area (Å²) in [6, 6.07) is 5.24. The van der Waals surface area contributed by atoms with Gasteiger partial charge < -0.3 is 10.6 Å². The number of hydrogen-bond donors (Lipinski definition) is 2. The lowest BCUT2D eigenvalue weighted by atomic mass is 9.85. The first-order valence-corrected chi connectivity index (χ1v) is 8.50. The van der Waals surface area contributed by atoms with Crippen molar-refractivity contribution in [3.63, 3.8) is 0 Å². The number of anilines is 2. The highest BCUT2D eigenvalue weighted by Crippen LogP contribution is 2.33. The molecule has 1 aliphatic rings. The number of primary sulfonamides is 1. The average molecular weight is 297 g/mol. The van der Waals surface area contributed by atoms with Crippen molar-refractivity contribution in [2.45, 2.75) is 43.5 Å². The molecule has 0 spiro atoms. The van der Waals surface area contributed by atoms with Gasteiger partial charge in [0.2, 0.25) is 10.0 Å². The zero-order chi connectivity index (χ0) is 14.9. The van der Waals surface area contributed by atoms with Crippen molar-refractivity contribution in [1.29, 1.82) is 0 Å². The molecule has 0 aliphatic heterocycles. The number of rotatable bonds is 3. The molecule has 20 heavy (non-hydrogen) atoms. The van der Waals surface area contributed by atoms with Gasteiger partial charge in [-0.15, -0.1) is 0 Å². The molecule has 0 aromatic heterocycles. The molecule has 1 aliphatic carbocycles. The van der Waals surface area contributed by atoms with Crippen LogP contribution in [0.25, 0.3) is 0 Å². The summed E-state index contributed by atoms with van der Waals surface area (Å²) < 4.78 is 23.5. The minimum Gasteiger partial charge on any atom is -0.399 e. The third-order valence-corrected chi connectivity index (χ3v) is 5.17. The number of nitrogen functional groups attached to an aromatic ring is 1. The molecule has 112 valence electrons. The fraction of sp³-hybridized carbons (Fsp3) is 0.571. The fourth-order valence-electron chi connectivity index (χ4n) is 3.10. The van der Waals surface area contributed by atoms with E-state index in [0.717, 1.165) is 6.42 Å². The van der Waals surface area contributed by atoms with Crippen LogP contribution in [0.2, 0.25) is 0 Å². The fourth-order valence-corrected chi connectivity index (χ4v) is 3.90. The third-order valence-electron chi connectivity index (χ3n) is 4.23. The van der Waals surface area contributed by atoms with Gasteiger partial charge in [0.15, 0.2) is 0 Å². The topological polar surface area (TPSA) is 89.4 Å². The molecule has 2 rings (SSSR count). The number of hydrogen-bond acceptors (Lipinski definition) is 4. The molecule has 1 aromatic rings. The van der Waals surface area contributed by atoms with E-state index in [-0.39, 0.29) is 4.90 Å². The molecular formula is C14H23N3O2S. The SMILES string of the molecule is CC1CCCCC1N(C)c1ccc(N)cc1S(N)(=O)=O. The van der Waals surface area contributed by atoms with E-state index in [9.17, 15) is 8.42 Å². The van der Waals surface area contributed by atoms with Crippen LogP contribution in [-0.4, -0.2) is 21.5 Å². The molecule has 0 heterocycles. The average Bonchev–Trinajstić information content (AvgIpc) is 2.37. The Kier molecular flexibility index (Phi) is 4.25. The summed E-state index contributed by atoms with van der Waals surface area (Å²) in [5.41, 5.74) is 6.74. The molecule has 2 unspecified atom stereocenters. The van der Waals surface area contributed by atoms with Gasteiger partial charge >= 0.3 is 0 Å². The van der Waals surface area contributed by atoms with E-state index in [1.54, 1.807) is 12.1 Å². The van der Waals surface area contributed by atoms with Crippen molar-refractivity contribution in [1.82, 2.24) is 0 Å². The molecule has 4 N–H and O–H groups in total. The van der Waals surface area contributed by atoms with Crippen LogP contribution in [0, 0.1) is 5.92 Å². The van der Waals surface area contributed by atoms with Gasteiger partial charge in [-0.2, -0.15) is 0 Å². The van der Waals surface area contributed by atoms with E-state index in [2.05, 4.69) is 6.92 Å². The molecule has 0 saturated heterocycles. The van der Waals surface area contributed by atoms with Crippen LogP contribution in [-0.2, 0) is 10.0 Å². The summed E-state index contributed by atoms with van der Waals surface area (Å²) in [7, 11) is -1.84. The van der Waals surface area contributed by atoms with Gasteiger partial charge in [-0.25, -0.2) is 13.6 Å². The first-order chi connectivity index (χ1) is 9.30. The van der Waals surface area contributed by atoms with Gasteiger partial charge in [-0.1, -0.05) is 19.8 Å². The van der Waals surface area contributed by atoms with E-state index in [1.807, 2.05) is 11.9 Å². The number of nitrogens with zero attached hydrogens (tertiary/aromatic N) is 1. The molecule has 1 fully saturated rings. The maximum Gasteiger partial charge on any atom is 0.240 e. The Morgan fingerprint density at radius 1 is 1.25 bits per heavy atom. The van der Waals surface area contributed by atoms with Crippen molar-refractivity contribution < 1.29 is 8.42 Å². The second-order valence-electron chi connectivity index (χ2n) is 5.71. The van der Waals surface area contributed by atoms with Crippen LogP contribution in [0.5, 0.6) is 0 Å². The first-order valence-electron chi connectivity index (χ1n) is 6.96. The minimum atomic E-state index is -3.78. The van der Waals surface area contributed by atoms with Gasteiger partial charge in [0.05, 0.1) is 5.69 Å². The van der Waals surface area contributed by atoms with Gasteiger partial charge in [-0.05, 0) is 37.0 Å². The lowest BCUT2D eigenvalue weighted by Crippen LogP contribution is -2.39. The highest BCUT2D eigenvalue weighted by atomic mass is 32.2. The highest BCUT2D eigenvalue weighted by Gasteiger charge is 2.28. The van der Waals surface area contributed by atoms with Gasteiger partial charge in [0.25, 0.3) is 0 Å². The maximum absolute atomic E-state index is 11.8. The Labute approximate surface area is 121 Å². The molecule has 0 bridgehead atoms. The predicted molar refractivity (Wildman–Crippen MR) is 82.1 cm³/mol. The Balaban J connectivity index is 2.41. The molecule has 0 radical (unpaired) electrons. The lowest BCUT2D eigenvalue weighted by Gasteiger charge is -2.38. The van der Waals surface area contributed by atoms with Crippen LogP contribution < -0.4 is 15.8 Å². The predicted octanol–water partition coefficient (Wildman–Crippen LogP) is 1.93. The second-order valence-corrected chi connectivity index (χ2v) is 7.24. The summed E-state index contributed by atoms with van der Waals surface area (Å²) >= 11 is 0. The zero-order valence-corrected chi connectivity index (χ0v) is 12.9. The van der Waals surface area contributed by atoms with Crippen molar-refractivity contribution in [2.24, 2.45) is 11.1 Å². The number of benzene rings is 1. The van der Waals surface area contributed by atoms with E-state index < -0.39 is 10.0 Å². The van der Waals surface area contributed by atoms with Crippen LogP contribution in [0.1, 0.15) is 32.6 Å². The zero-order valence-electron chi connectivity index (χ0n) is 12.0. The van der Waals surface area contributed by atoms with E-state index in [1.165, 1.54) is 25.3 Å². The molecule has 1 aromatic carbocycles. The van der Waals surface area contributed by atoms with Gasteiger partial charge in [-0.3, -0.25) is 0 Å². The van der Waals surface area contributed by atoms with E-state index >= 15 is 0 Å². The largest absolute Gasteiger partial charge is 0.399 e. The number of sulfonamides is 1. The van der Waals surface area contributed by atoms with Gasteiger partial charge in [0, 0.05) is 18.8 Å².